The lowest BCUT2D eigenvalue weighted by molar-refractivity contribution is -0.142. The van der Waals surface area contributed by atoms with Gasteiger partial charge in [-0.2, -0.15) is 0 Å². The van der Waals surface area contributed by atoms with Crippen LogP contribution in [-0.2, 0) is 14.3 Å². The molecule has 1 heterocycles. The van der Waals surface area contributed by atoms with Crippen LogP contribution in [-0.4, -0.2) is 60.2 Å². The Labute approximate surface area is 105 Å². The number of methoxy groups -OCH3 is 1. The zero-order chi connectivity index (χ0) is 12.8. The first-order valence-corrected chi connectivity index (χ1v) is 6.79. The van der Waals surface area contributed by atoms with Gasteiger partial charge in [-0.25, -0.2) is 0 Å². The molecular weight excluding hydrogens is 242 g/mol. The molecule has 1 amide bonds. The first-order chi connectivity index (χ1) is 8.06. The quantitative estimate of drug-likeness (QED) is 0.707. The van der Waals surface area contributed by atoms with Crippen molar-refractivity contribution in [3.05, 3.63) is 0 Å². The van der Waals surface area contributed by atoms with Crippen molar-refractivity contribution in [2.45, 2.75) is 6.92 Å². The van der Waals surface area contributed by atoms with E-state index in [0.717, 1.165) is 5.75 Å². The van der Waals surface area contributed by atoms with E-state index in [4.69, 9.17) is 9.84 Å². The zero-order valence-electron chi connectivity index (χ0n) is 10.2. The molecule has 2 atom stereocenters. The summed E-state index contributed by atoms with van der Waals surface area (Å²) in [5.74, 6) is 0.0426. The maximum absolute atomic E-state index is 11.8. The summed E-state index contributed by atoms with van der Waals surface area (Å²) in [5, 5.41) is 8.97. The van der Waals surface area contributed by atoms with Gasteiger partial charge in [-0.05, 0) is 5.92 Å². The number of hydrogen-bond acceptors (Lipinski definition) is 4. The molecule has 98 valence electrons. The number of carboxylic acid groups (broad SMARTS) is 1. The Kier molecular flexibility index (Phi) is 5.77. The fourth-order valence-electron chi connectivity index (χ4n) is 1.88. The molecule has 1 aliphatic heterocycles. The predicted octanol–water partition coefficient (Wildman–Crippen LogP) is 0.545. The third-order valence-electron chi connectivity index (χ3n) is 2.94. The Morgan fingerprint density at radius 1 is 1.47 bits per heavy atom. The number of carbonyl (C=O) groups excluding carboxylic acids is 1. The van der Waals surface area contributed by atoms with Crippen LogP contribution in [0.2, 0.25) is 0 Å². The van der Waals surface area contributed by atoms with Gasteiger partial charge in [-0.15, -0.1) is 11.8 Å². The second-order valence-electron chi connectivity index (χ2n) is 4.27. The van der Waals surface area contributed by atoms with Gasteiger partial charge in [0.05, 0.1) is 18.3 Å². The van der Waals surface area contributed by atoms with Crippen LogP contribution in [0.5, 0.6) is 0 Å². The first-order valence-electron chi connectivity index (χ1n) is 5.63. The lowest BCUT2D eigenvalue weighted by atomic mass is 9.99. The molecule has 6 heteroatoms. The fraction of sp³-hybridized carbons (Fsp3) is 0.818. The minimum absolute atomic E-state index is 0.0294. The van der Waals surface area contributed by atoms with Crippen LogP contribution in [0.15, 0.2) is 0 Å². The molecule has 0 aromatic carbocycles. The van der Waals surface area contributed by atoms with E-state index >= 15 is 0 Å². The van der Waals surface area contributed by atoms with Gasteiger partial charge in [0.1, 0.15) is 0 Å². The molecular formula is C11H19NO4S. The first kappa shape index (κ1) is 14.3. The van der Waals surface area contributed by atoms with Crippen molar-refractivity contribution in [3.8, 4) is 0 Å². The van der Waals surface area contributed by atoms with Crippen LogP contribution in [0.1, 0.15) is 6.92 Å². The molecule has 0 unspecified atom stereocenters. The molecule has 0 aromatic heterocycles. The van der Waals surface area contributed by atoms with Crippen molar-refractivity contribution in [1.29, 1.82) is 0 Å². The minimum atomic E-state index is -0.806. The summed E-state index contributed by atoms with van der Waals surface area (Å²) in [6.07, 6.45) is 0. The summed E-state index contributed by atoms with van der Waals surface area (Å²) in [4.78, 5) is 24.4. The van der Waals surface area contributed by atoms with E-state index in [1.54, 1.807) is 12.0 Å². The van der Waals surface area contributed by atoms with Crippen molar-refractivity contribution in [3.63, 3.8) is 0 Å². The monoisotopic (exact) mass is 261 g/mol. The van der Waals surface area contributed by atoms with E-state index in [9.17, 15) is 9.59 Å². The van der Waals surface area contributed by atoms with Crippen molar-refractivity contribution >= 4 is 23.6 Å². The third-order valence-corrected chi connectivity index (χ3v) is 3.85. The van der Waals surface area contributed by atoms with E-state index < -0.39 is 11.9 Å². The molecule has 0 aromatic rings. The second-order valence-corrected chi connectivity index (χ2v) is 5.37. The van der Waals surface area contributed by atoms with E-state index in [2.05, 4.69) is 0 Å². The molecule has 0 spiro atoms. The Hall–Kier alpha value is -0.750. The van der Waals surface area contributed by atoms with Crippen molar-refractivity contribution in [1.82, 2.24) is 4.90 Å². The number of amides is 1. The van der Waals surface area contributed by atoms with Gasteiger partial charge >= 0.3 is 5.97 Å². The van der Waals surface area contributed by atoms with Crippen LogP contribution in [0.25, 0.3) is 0 Å². The maximum Gasteiger partial charge on any atom is 0.308 e. The van der Waals surface area contributed by atoms with Gasteiger partial charge in [-0.1, -0.05) is 6.92 Å². The van der Waals surface area contributed by atoms with Crippen LogP contribution in [0, 0.1) is 11.8 Å². The van der Waals surface area contributed by atoms with Crippen LogP contribution < -0.4 is 0 Å². The lowest BCUT2D eigenvalue weighted by Crippen LogP contribution is -2.31. The van der Waals surface area contributed by atoms with E-state index in [0.29, 0.717) is 25.4 Å². The number of nitrogens with zero attached hydrogens (tertiary/aromatic N) is 1. The van der Waals surface area contributed by atoms with Gasteiger partial charge in [0.25, 0.3) is 0 Å². The Morgan fingerprint density at radius 3 is 2.71 bits per heavy atom. The Balaban J connectivity index is 2.32. The normalized spacial score (nSPS) is 24.0. The SMILES string of the molecule is COCCSCC(=O)N1C[C@@H](C)[C@H](C(=O)O)C1. The standard InChI is InChI=1S/C11H19NO4S/c1-8-5-12(6-9(8)11(14)15)10(13)7-17-4-3-16-2/h8-9H,3-7H2,1-2H3,(H,14,15)/t8-,9-/m1/s1. The molecule has 0 bridgehead atoms. The molecule has 0 aliphatic carbocycles. The number of thioether (sulfide) groups is 1. The Bertz CT molecular complexity index is 285. The van der Waals surface area contributed by atoms with Gasteiger partial charge in [-0.3, -0.25) is 9.59 Å². The molecule has 1 fully saturated rings. The maximum atomic E-state index is 11.8. The summed E-state index contributed by atoms with van der Waals surface area (Å²) in [6, 6.07) is 0. The number of aliphatic carboxylic acids is 1. The average Bonchev–Trinajstić information content (AvgIpc) is 2.66. The number of ether oxygens (including phenoxy) is 1. The Morgan fingerprint density at radius 2 is 2.18 bits per heavy atom. The van der Waals surface area contributed by atoms with Gasteiger partial charge in [0, 0.05) is 26.0 Å². The zero-order valence-corrected chi connectivity index (χ0v) is 11.0. The van der Waals surface area contributed by atoms with Crippen molar-refractivity contribution in [2.24, 2.45) is 11.8 Å². The molecule has 0 radical (unpaired) electrons. The van der Waals surface area contributed by atoms with Crippen molar-refractivity contribution < 1.29 is 19.4 Å². The van der Waals surface area contributed by atoms with Gasteiger partial charge in [0.15, 0.2) is 0 Å². The number of hydrogen-bond donors (Lipinski definition) is 1. The summed E-state index contributed by atoms with van der Waals surface area (Å²) < 4.78 is 4.89. The van der Waals surface area contributed by atoms with E-state index in [-0.39, 0.29) is 11.8 Å². The molecule has 17 heavy (non-hydrogen) atoms. The lowest BCUT2D eigenvalue weighted by Gasteiger charge is -2.15. The summed E-state index contributed by atoms with van der Waals surface area (Å²) in [7, 11) is 1.63. The number of likely N-dealkylation sites (tertiary alicyclic amines) is 1. The van der Waals surface area contributed by atoms with Crippen LogP contribution in [0.4, 0.5) is 0 Å². The smallest absolute Gasteiger partial charge is 0.308 e. The molecule has 1 rings (SSSR count). The van der Waals surface area contributed by atoms with Gasteiger partial charge < -0.3 is 14.7 Å². The van der Waals surface area contributed by atoms with Crippen LogP contribution in [0.3, 0.4) is 0 Å². The van der Waals surface area contributed by atoms with E-state index in [1.165, 1.54) is 11.8 Å². The molecule has 1 N–H and O–H groups in total. The number of rotatable bonds is 6. The number of carbonyl (C=O) groups is 2. The molecule has 1 saturated heterocycles. The molecule has 0 saturated carbocycles. The third kappa shape index (κ3) is 4.20. The average molecular weight is 261 g/mol. The predicted molar refractivity (Wildman–Crippen MR) is 66.1 cm³/mol. The fourth-order valence-corrected chi connectivity index (χ4v) is 2.67. The second kappa shape index (κ2) is 6.86. The van der Waals surface area contributed by atoms with Crippen LogP contribution >= 0.6 is 11.8 Å². The topological polar surface area (TPSA) is 66.8 Å². The summed E-state index contributed by atoms with van der Waals surface area (Å²) >= 11 is 1.52. The van der Waals surface area contributed by atoms with Gasteiger partial charge in [0.2, 0.25) is 5.91 Å². The van der Waals surface area contributed by atoms with E-state index in [1.807, 2.05) is 6.92 Å². The highest BCUT2D eigenvalue weighted by molar-refractivity contribution is 7.99. The largest absolute Gasteiger partial charge is 0.481 e. The molecule has 1 aliphatic rings. The highest BCUT2D eigenvalue weighted by Gasteiger charge is 2.36. The van der Waals surface area contributed by atoms with Crippen molar-refractivity contribution in [2.75, 3.05) is 38.3 Å². The summed E-state index contributed by atoms with van der Waals surface area (Å²) in [5.41, 5.74) is 0. The molecule has 5 nitrogen and oxygen atoms in total. The minimum Gasteiger partial charge on any atom is -0.481 e. The summed E-state index contributed by atoms with van der Waals surface area (Å²) in [6.45, 7) is 3.41. The highest BCUT2D eigenvalue weighted by Crippen LogP contribution is 2.23. The number of carboxylic acids is 1. The highest BCUT2D eigenvalue weighted by atomic mass is 32.2.